The summed E-state index contributed by atoms with van der Waals surface area (Å²) >= 11 is 1.23. The third-order valence-electron chi connectivity index (χ3n) is 3.38. The number of carbonyl (C=O) groups excluding carboxylic acids is 2. The molecule has 1 aliphatic carbocycles. The van der Waals surface area contributed by atoms with Gasteiger partial charge >= 0.3 is 0 Å². The number of anilines is 1. The Morgan fingerprint density at radius 2 is 2.24 bits per heavy atom. The molecule has 7 heteroatoms. The number of nitrogens with two attached hydrogens (primary N) is 1. The molecule has 0 bridgehead atoms. The van der Waals surface area contributed by atoms with Crippen molar-refractivity contribution in [1.29, 1.82) is 0 Å². The first-order valence-corrected chi connectivity index (χ1v) is 7.62. The number of nitrogens with one attached hydrogen (secondary N) is 2. The average Bonchev–Trinajstić information content (AvgIpc) is 3.21. The van der Waals surface area contributed by atoms with Crippen LogP contribution in [-0.2, 0) is 4.79 Å². The van der Waals surface area contributed by atoms with Gasteiger partial charge in [-0.2, -0.15) is 0 Å². The minimum absolute atomic E-state index is 0.163. The van der Waals surface area contributed by atoms with E-state index >= 15 is 0 Å². The van der Waals surface area contributed by atoms with Crippen molar-refractivity contribution < 1.29 is 9.59 Å². The van der Waals surface area contributed by atoms with E-state index in [9.17, 15) is 9.59 Å². The molecule has 0 aliphatic heterocycles. The lowest BCUT2D eigenvalue weighted by atomic mass is 10.2. The molecule has 0 radical (unpaired) electrons. The average molecular weight is 304 g/mol. The molecule has 21 heavy (non-hydrogen) atoms. The van der Waals surface area contributed by atoms with Crippen LogP contribution in [0.15, 0.2) is 18.3 Å². The lowest BCUT2D eigenvalue weighted by molar-refractivity contribution is -0.122. The summed E-state index contributed by atoms with van der Waals surface area (Å²) in [6.07, 6.45) is 3.69. The molecule has 2 aromatic heterocycles. The van der Waals surface area contributed by atoms with Crippen LogP contribution < -0.4 is 16.4 Å². The van der Waals surface area contributed by atoms with E-state index in [0.717, 1.165) is 23.1 Å². The number of nitrogens with zero attached hydrogens (tertiary/aromatic N) is 1. The number of rotatable bonds is 4. The molecule has 1 saturated carbocycles. The summed E-state index contributed by atoms with van der Waals surface area (Å²) in [5.41, 5.74) is 6.40. The highest BCUT2D eigenvalue weighted by molar-refractivity contribution is 7.21. The fourth-order valence-corrected chi connectivity index (χ4v) is 2.97. The fourth-order valence-electron chi connectivity index (χ4n) is 2.00. The number of hydrogen-bond donors (Lipinski definition) is 3. The molecule has 0 spiro atoms. The molecule has 3 rings (SSSR count). The summed E-state index contributed by atoms with van der Waals surface area (Å²) in [5.74, 6) is -0.502. The van der Waals surface area contributed by atoms with E-state index in [1.54, 1.807) is 19.2 Å². The molecule has 1 fully saturated rings. The molecule has 2 aromatic rings. The number of pyridine rings is 1. The second-order valence-corrected chi connectivity index (χ2v) is 6.18. The molecule has 1 aliphatic rings. The Kier molecular flexibility index (Phi) is 3.50. The first kappa shape index (κ1) is 13.8. The Hall–Kier alpha value is -2.15. The molecule has 1 unspecified atom stereocenters. The minimum Gasteiger partial charge on any atom is -0.397 e. The summed E-state index contributed by atoms with van der Waals surface area (Å²) in [7, 11) is 0. The minimum atomic E-state index is -0.587. The van der Waals surface area contributed by atoms with Crippen molar-refractivity contribution in [1.82, 2.24) is 15.6 Å². The van der Waals surface area contributed by atoms with E-state index < -0.39 is 6.04 Å². The molecule has 2 amide bonds. The molecule has 110 valence electrons. The molecule has 1 atom stereocenters. The van der Waals surface area contributed by atoms with Crippen LogP contribution in [0.25, 0.3) is 10.2 Å². The second kappa shape index (κ2) is 5.33. The predicted molar refractivity (Wildman–Crippen MR) is 82.1 cm³/mol. The largest absolute Gasteiger partial charge is 0.397 e. The number of amides is 2. The zero-order valence-electron chi connectivity index (χ0n) is 11.6. The maximum atomic E-state index is 12.3. The zero-order chi connectivity index (χ0) is 15.0. The van der Waals surface area contributed by atoms with Crippen molar-refractivity contribution in [3.63, 3.8) is 0 Å². The number of fused-ring (bicyclic) bond motifs is 1. The standard InChI is InChI=1S/C14H16N4O2S/c1-7(12(19)18-8-4-5-8)17-13(20)11-10(15)9-3-2-6-16-14(9)21-11/h2-3,6-8H,4-5,15H2,1H3,(H,17,20)(H,18,19). The van der Waals surface area contributed by atoms with E-state index in [2.05, 4.69) is 15.6 Å². The van der Waals surface area contributed by atoms with E-state index in [1.165, 1.54) is 11.3 Å². The highest BCUT2D eigenvalue weighted by Crippen LogP contribution is 2.31. The molecule has 2 heterocycles. The van der Waals surface area contributed by atoms with Crippen LogP contribution in [-0.4, -0.2) is 28.9 Å². The normalized spacial score (nSPS) is 15.7. The SMILES string of the molecule is CC(NC(=O)c1sc2ncccc2c1N)C(=O)NC1CC1. The Morgan fingerprint density at radius 1 is 1.48 bits per heavy atom. The van der Waals surface area contributed by atoms with Crippen molar-refractivity contribution in [3.05, 3.63) is 23.2 Å². The topological polar surface area (TPSA) is 97.1 Å². The Bertz CT molecular complexity index is 708. The smallest absolute Gasteiger partial charge is 0.264 e. The van der Waals surface area contributed by atoms with Crippen LogP contribution in [0, 0.1) is 0 Å². The number of carbonyl (C=O) groups is 2. The summed E-state index contributed by atoms with van der Waals surface area (Å²) in [6.45, 7) is 1.66. The molecular weight excluding hydrogens is 288 g/mol. The number of aromatic nitrogens is 1. The van der Waals surface area contributed by atoms with Gasteiger partial charge in [-0.05, 0) is 31.9 Å². The van der Waals surface area contributed by atoms with Crippen LogP contribution in [0.2, 0.25) is 0 Å². The zero-order valence-corrected chi connectivity index (χ0v) is 12.4. The maximum Gasteiger partial charge on any atom is 0.264 e. The van der Waals surface area contributed by atoms with Gasteiger partial charge in [0.25, 0.3) is 5.91 Å². The van der Waals surface area contributed by atoms with Crippen molar-refractivity contribution in [3.8, 4) is 0 Å². The van der Waals surface area contributed by atoms with Gasteiger partial charge in [0.05, 0.1) is 5.69 Å². The fraction of sp³-hybridized carbons (Fsp3) is 0.357. The molecule has 4 N–H and O–H groups in total. The van der Waals surface area contributed by atoms with E-state index in [-0.39, 0.29) is 17.9 Å². The summed E-state index contributed by atoms with van der Waals surface area (Å²) < 4.78 is 0. The van der Waals surface area contributed by atoms with E-state index in [4.69, 9.17) is 5.73 Å². The number of nitrogen functional groups attached to an aromatic ring is 1. The molecule has 0 saturated heterocycles. The molecule has 6 nitrogen and oxygen atoms in total. The molecule has 0 aromatic carbocycles. The quantitative estimate of drug-likeness (QED) is 0.792. The monoisotopic (exact) mass is 304 g/mol. The Morgan fingerprint density at radius 3 is 2.90 bits per heavy atom. The van der Waals surface area contributed by atoms with Crippen LogP contribution in [0.4, 0.5) is 5.69 Å². The van der Waals surface area contributed by atoms with Gasteiger partial charge in [-0.15, -0.1) is 11.3 Å². The lowest BCUT2D eigenvalue weighted by Crippen LogP contribution is -2.45. The lowest BCUT2D eigenvalue weighted by Gasteiger charge is -2.13. The van der Waals surface area contributed by atoms with Gasteiger partial charge < -0.3 is 16.4 Å². The number of thiophene rings is 1. The highest BCUT2D eigenvalue weighted by atomic mass is 32.1. The van der Waals surface area contributed by atoms with Crippen LogP contribution in [0.1, 0.15) is 29.4 Å². The van der Waals surface area contributed by atoms with Gasteiger partial charge in [0.2, 0.25) is 5.91 Å². The van der Waals surface area contributed by atoms with Gasteiger partial charge in [-0.1, -0.05) is 0 Å². The van der Waals surface area contributed by atoms with E-state index in [1.807, 2.05) is 6.07 Å². The van der Waals surface area contributed by atoms with Gasteiger partial charge in [0.15, 0.2) is 0 Å². The van der Waals surface area contributed by atoms with Crippen molar-refractivity contribution in [2.75, 3.05) is 5.73 Å². The number of hydrogen-bond acceptors (Lipinski definition) is 5. The third-order valence-corrected chi connectivity index (χ3v) is 4.50. The van der Waals surface area contributed by atoms with Gasteiger partial charge in [0.1, 0.15) is 15.7 Å². The highest BCUT2D eigenvalue weighted by Gasteiger charge is 2.27. The second-order valence-electron chi connectivity index (χ2n) is 5.18. The van der Waals surface area contributed by atoms with Gasteiger partial charge in [0, 0.05) is 17.6 Å². The van der Waals surface area contributed by atoms with Crippen LogP contribution in [0.3, 0.4) is 0 Å². The van der Waals surface area contributed by atoms with Gasteiger partial charge in [-0.25, -0.2) is 4.98 Å². The Labute approximate surface area is 125 Å². The summed E-state index contributed by atoms with van der Waals surface area (Å²) in [6, 6.07) is 3.29. The predicted octanol–water partition coefficient (Wildman–Crippen LogP) is 1.28. The van der Waals surface area contributed by atoms with Gasteiger partial charge in [-0.3, -0.25) is 9.59 Å². The first-order chi connectivity index (χ1) is 10.1. The molecular formula is C14H16N4O2S. The Balaban J connectivity index is 1.74. The van der Waals surface area contributed by atoms with Crippen molar-refractivity contribution in [2.45, 2.75) is 31.8 Å². The summed E-state index contributed by atoms with van der Waals surface area (Å²) in [5, 5.41) is 6.31. The van der Waals surface area contributed by atoms with Crippen molar-refractivity contribution >= 4 is 39.1 Å². The van der Waals surface area contributed by atoms with Crippen molar-refractivity contribution in [2.24, 2.45) is 0 Å². The third kappa shape index (κ3) is 2.82. The van der Waals surface area contributed by atoms with Crippen LogP contribution in [0.5, 0.6) is 0 Å². The van der Waals surface area contributed by atoms with Crippen LogP contribution >= 0.6 is 11.3 Å². The maximum absolute atomic E-state index is 12.3. The first-order valence-electron chi connectivity index (χ1n) is 6.80. The van der Waals surface area contributed by atoms with E-state index in [0.29, 0.717) is 10.6 Å². The summed E-state index contributed by atoms with van der Waals surface area (Å²) in [4.78, 5) is 29.4.